The predicted molar refractivity (Wildman–Crippen MR) is 88.5 cm³/mol. The van der Waals surface area contributed by atoms with Crippen LogP contribution in [0.15, 0.2) is 33.3 Å². The first-order valence-electron chi connectivity index (χ1n) is 8.12. The van der Waals surface area contributed by atoms with Gasteiger partial charge < -0.3 is 9.42 Å². The molecule has 1 aliphatic carbocycles. The molecule has 23 heavy (non-hydrogen) atoms. The number of amides is 1. The highest BCUT2D eigenvalue weighted by Gasteiger charge is 2.38. The van der Waals surface area contributed by atoms with Gasteiger partial charge in [0.1, 0.15) is 6.04 Å². The molecule has 0 radical (unpaired) electrons. The van der Waals surface area contributed by atoms with Gasteiger partial charge in [-0.1, -0.05) is 27.5 Å². The van der Waals surface area contributed by atoms with Gasteiger partial charge in [-0.25, -0.2) is 0 Å². The Morgan fingerprint density at radius 3 is 2.65 bits per heavy atom. The lowest BCUT2D eigenvalue weighted by atomic mass is 9.84. The molecule has 1 amide bonds. The van der Waals surface area contributed by atoms with Crippen LogP contribution in [0.4, 0.5) is 0 Å². The van der Waals surface area contributed by atoms with Crippen molar-refractivity contribution in [3.8, 4) is 11.4 Å². The zero-order valence-electron chi connectivity index (χ0n) is 12.7. The summed E-state index contributed by atoms with van der Waals surface area (Å²) in [5.74, 6) is 1.62. The van der Waals surface area contributed by atoms with Crippen molar-refractivity contribution in [1.29, 1.82) is 0 Å². The molecule has 1 unspecified atom stereocenters. The number of hydrogen-bond acceptors (Lipinski definition) is 4. The summed E-state index contributed by atoms with van der Waals surface area (Å²) >= 11 is 3.42. The SMILES string of the molecule is O=C(C1CCC1)N1CCCC1c1nc(-c2ccc(Br)cc2)no1. The standard InChI is InChI=1S/C17H18BrN3O2/c18-13-8-6-11(7-9-13)15-19-16(23-20-15)14-5-2-10-21(14)17(22)12-3-1-4-12/h6-9,12,14H,1-5,10H2. The lowest BCUT2D eigenvalue weighted by Gasteiger charge is -2.31. The van der Waals surface area contributed by atoms with Crippen molar-refractivity contribution in [2.75, 3.05) is 6.54 Å². The van der Waals surface area contributed by atoms with Gasteiger partial charge in [-0.2, -0.15) is 4.98 Å². The molecule has 4 rings (SSSR count). The maximum absolute atomic E-state index is 12.6. The Labute approximate surface area is 143 Å². The second-order valence-corrected chi connectivity index (χ2v) is 7.20. The zero-order chi connectivity index (χ0) is 15.8. The number of likely N-dealkylation sites (tertiary alicyclic amines) is 1. The second-order valence-electron chi connectivity index (χ2n) is 6.28. The molecule has 1 aromatic heterocycles. The number of hydrogen-bond donors (Lipinski definition) is 0. The van der Waals surface area contributed by atoms with E-state index in [9.17, 15) is 4.79 Å². The second kappa shape index (κ2) is 6.07. The van der Waals surface area contributed by atoms with Crippen molar-refractivity contribution in [1.82, 2.24) is 15.0 Å². The minimum absolute atomic E-state index is 0.0557. The van der Waals surface area contributed by atoms with Gasteiger partial charge >= 0.3 is 0 Å². The van der Waals surface area contributed by atoms with Crippen LogP contribution in [-0.4, -0.2) is 27.5 Å². The van der Waals surface area contributed by atoms with Crippen LogP contribution < -0.4 is 0 Å². The summed E-state index contributed by atoms with van der Waals surface area (Å²) in [6.07, 6.45) is 5.12. The third kappa shape index (κ3) is 2.80. The van der Waals surface area contributed by atoms with E-state index >= 15 is 0 Å². The Hall–Kier alpha value is -1.69. The van der Waals surface area contributed by atoms with Crippen molar-refractivity contribution in [3.63, 3.8) is 0 Å². The smallest absolute Gasteiger partial charge is 0.249 e. The number of rotatable bonds is 3. The minimum atomic E-state index is -0.0557. The van der Waals surface area contributed by atoms with Crippen LogP contribution in [0.1, 0.15) is 44.0 Å². The Kier molecular flexibility index (Phi) is 3.93. The third-order valence-corrected chi connectivity index (χ3v) is 5.35. The van der Waals surface area contributed by atoms with Crippen LogP contribution in [0.25, 0.3) is 11.4 Å². The summed E-state index contributed by atoms with van der Waals surface area (Å²) in [5, 5.41) is 4.09. The molecule has 2 aliphatic rings. The van der Waals surface area contributed by atoms with E-state index in [2.05, 4.69) is 26.1 Å². The Bertz CT molecular complexity index is 709. The summed E-state index contributed by atoms with van der Waals surface area (Å²) < 4.78 is 6.49. The fourth-order valence-corrected chi connectivity index (χ4v) is 3.53. The molecule has 0 N–H and O–H groups in total. The van der Waals surface area contributed by atoms with Crippen molar-refractivity contribution >= 4 is 21.8 Å². The van der Waals surface area contributed by atoms with Gasteiger partial charge in [-0.15, -0.1) is 0 Å². The Balaban J connectivity index is 1.55. The first kappa shape index (κ1) is 14.9. The highest BCUT2D eigenvalue weighted by molar-refractivity contribution is 9.10. The maximum atomic E-state index is 12.6. The van der Waals surface area contributed by atoms with Crippen LogP contribution in [0.2, 0.25) is 0 Å². The average molecular weight is 376 g/mol. The number of benzene rings is 1. The van der Waals surface area contributed by atoms with E-state index in [0.717, 1.165) is 42.3 Å². The molecule has 0 bridgehead atoms. The van der Waals surface area contributed by atoms with Gasteiger partial charge in [-0.05, 0) is 49.9 Å². The van der Waals surface area contributed by atoms with Gasteiger partial charge in [0.05, 0.1) is 0 Å². The van der Waals surface area contributed by atoms with E-state index in [1.807, 2.05) is 29.2 Å². The van der Waals surface area contributed by atoms with Gasteiger partial charge in [0.2, 0.25) is 17.6 Å². The molecule has 1 saturated carbocycles. The predicted octanol–water partition coefficient (Wildman–Crippen LogP) is 3.96. The molecule has 1 aliphatic heterocycles. The maximum Gasteiger partial charge on any atom is 0.249 e. The van der Waals surface area contributed by atoms with Crippen molar-refractivity contribution in [2.24, 2.45) is 5.92 Å². The summed E-state index contributed by atoms with van der Waals surface area (Å²) in [7, 11) is 0. The van der Waals surface area contributed by atoms with Crippen LogP contribution in [-0.2, 0) is 4.79 Å². The molecule has 2 heterocycles. The quantitative estimate of drug-likeness (QED) is 0.814. The Morgan fingerprint density at radius 2 is 1.96 bits per heavy atom. The van der Waals surface area contributed by atoms with Crippen LogP contribution in [0.3, 0.4) is 0 Å². The molecule has 2 fully saturated rings. The third-order valence-electron chi connectivity index (χ3n) is 4.82. The van der Waals surface area contributed by atoms with Gasteiger partial charge in [0.25, 0.3) is 0 Å². The van der Waals surface area contributed by atoms with Crippen molar-refractivity contribution in [3.05, 3.63) is 34.6 Å². The first-order chi connectivity index (χ1) is 11.2. The van der Waals surface area contributed by atoms with E-state index in [-0.39, 0.29) is 17.9 Å². The molecule has 5 nitrogen and oxygen atoms in total. The van der Waals surface area contributed by atoms with Crippen LogP contribution in [0.5, 0.6) is 0 Å². The van der Waals surface area contributed by atoms with Gasteiger partial charge in [-0.3, -0.25) is 4.79 Å². The van der Waals surface area contributed by atoms with E-state index in [4.69, 9.17) is 4.52 Å². The van der Waals surface area contributed by atoms with Crippen molar-refractivity contribution < 1.29 is 9.32 Å². The van der Waals surface area contributed by atoms with Crippen LogP contribution >= 0.6 is 15.9 Å². The topological polar surface area (TPSA) is 59.2 Å². The molecule has 1 aromatic carbocycles. The molecule has 1 saturated heterocycles. The number of carbonyl (C=O) groups is 1. The summed E-state index contributed by atoms with van der Waals surface area (Å²) in [6.45, 7) is 0.802. The molecule has 2 aromatic rings. The average Bonchev–Trinajstić information content (AvgIpc) is 3.15. The lowest BCUT2D eigenvalue weighted by molar-refractivity contribution is -0.139. The molecule has 0 spiro atoms. The molecular formula is C17H18BrN3O2. The highest BCUT2D eigenvalue weighted by Crippen LogP contribution is 2.37. The Morgan fingerprint density at radius 1 is 1.17 bits per heavy atom. The van der Waals surface area contributed by atoms with E-state index in [1.165, 1.54) is 6.42 Å². The molecule has 1 atom stereocenters. The summed E-state index contributed by atoms with van der Waals surface area (Å²) in [4.78, 5) is 19.0. The fourth-order valence-electron chi connectivity index (χ4n) is 3.26. The monoisotopic (exact) mass is 375 g/mol. The van der Waals surface area contributed by atoms with Crippen LogP contribution in [0, 0.1) is 5.92 Å². The molecule has 120 valence electrons. The van der Waals surface area contributed by atoms with Gasteiger partial charge in [0, 0.05) is 22.5 Å². The van der Waals surface area contributed by atoms with Crippen molar-refractivity contribution in [2.45, 2.75) is 38.1 Å². The number of aromatic nitrogens is 2. The fraction of sp³-hybridized carbons (Fsp3) is 0.471. The zero-order valence-corrected chi connectivity index (χ0v) is 14.3. The largest absolute Gasteiger partial charge is 0.337 e. The van der Waals surface area contributed by atoms with E-state index in [0.29, 0.717) is 11.7 Å². The number of carbonyl (C=O) groups excluding carboxylic acids is 1. The normalized spacial score (nSPS) is 21.4. The van der Waals surface area contributed by atoms with E-state index in [1.54, 1.807) is 0 Å². The minimum Gasteiger partial charge on any atom is -0.337 e. The number of halogens is 1. The number of nitrogens with zero attached hydrogens (tertiary/aromatic N) is 3. The first-order valence-corrected chi connectivity index (χ1v) is 8.92. The molecule has 6 heteroatoms. The van der Waals surface area contributed by atoms with E-state index < -0.39 is 0 Å². The summed E-state index contributed by atoms with van der Waals surface area (Å²) in [5.41, 5.74) is 0.915. The lowest BCUT2D eigenvalue weighted by Crippen LogP contribution is -2.38. The molecular weight excluding hydrogens is 358 g/mol. The van der Waals surface area contributed by atoms with Gasteiger partial charge in [0.15, 0.2) is 0 Å². The summed E-state index contributed by atoms with van der Waals surface area (Å²) in [6, 6.07) is 7.75. The highest BCUT2D eigenvalue weighted by atomic mass is 79.9.